The van der Waals surface area contributed by atoms with Crippen LogP contribution < -0.4 is 0 Å². The molecule has 0 saturated heterocycles. The third kappa shape index (κ3) is 2.03. The van der Waals surface area contributed by atoms with Crippen LogP contribution in [0.15, 0.2) is 24.3 Å². The lowest BCUT2D eigenvalue weighted by Crippen LogP contribution is -2.11. The molecule has 0 spiro atoms. The molecule has 1 aliphatic carbocycles. The van der Waals surface area contributed by atoms with E-state index in [0.29, 0.717) is 10.2 Å². The van der Waals surface area contributed by atoms with Gasteiger partial charge in [-0.3, -0.25) is 0 Å². The quantitative estimate of drug-likeness (QED) is 0.472. The third-order valence-corrected chi connectivity index (χ3v) is 4.01. The van der Waals surface area contributed by atoms with Crippen LogP contribution in [-0.4, -0.2) is 0 Å². The van der Waals surface area contributed by atoms with Crippen molar-refractivity contribution in [3.8, 4) is 0 Å². The Labute approximate surface area is 94.8 Å². The van der Waals surface area contributed by atoms with E-state index in [4.69, 9.17) is 0 Å². The molecule has 14 heavy (non-hydrogen) atoms. The van der Waals surface area contributed by atoms with Gasteiger partial charge in [0.1, 0.15) is 0 Å². The summed E-state index contributed by atoms with van der Waals surface area (Å²) < 4.78 is 0. The topological polar surface area (TPSA) is 0 Å². The zero-order valence-corrected chi connectivity index (χ0v) is 10.5. The van der Waals surface area contributed by atoms with Crippen LogP contribution in [-0.2, 0) is 6.42 Å². The molecule has 2 rings (SSSR count). The first-order valence-corrected chi connectivity index (χ1v) is 6.22. The summed E-state index contributed by atoms with van der Waals surface area (Å²) >= 11 is 3.81. The molecule has 1 unspecified atom stereocenters. The number of alkyl halides is 1. The number of hydrogen-bond donors (Lipinski definition) is 0. The van der Waals surface area contributed by atoms with E-state index in [-0.39, 0.29) is 0 Å². The van der Waals surface area contributed by atoms with Gasteiger partial charge in [-0.05, 0) is 35.8 Å². The number of fused-ring (bicyclic) bond motifs is 1. The van der Waals surface area contributed by atoms with Gasteiger partial charge >= 0.3 is 0 Å². The average molecular weight is 253 g/mol. The van der Waals surface area contributed by atoms with Gasteiger partial charge in [0.2, 0.25) is 0 Å². The minimum atomic E-state index is 0.465. The minimum absolute atomic E-state index is 0.465. The van der Waals surface area contributed by atoms with Gasteiger partial charge < -0.3 is 0 Å². The van der Waals surface area contributed by atoms with Crippen LogP contribution in [0.2, 0.25) is 0 Å². The van der Waals surface area contributed by atoms with Crippen molar-refractivity contribution in [2.75, 3.05) is 0 Å². The minimum Gasteiger partial charge on any atom is -0.0838 e. The number of rotatable bonds is 0. The predicted octanol–water partition coefficient (Wildman–Crippen LogP) is 4.49. The first kappa shape index (κ1) is 10.2. The molecule has 0 heterocycles. The number of aryl methyl sites for hydroxylation is 1. The fraction of sp³-hybridized carbons (Fsp3) is 0.538. The number of hydrogen-bond acceptors (Lipinski definition) is 0. The highest BCUT2D eigenvalue weighted by Gasteiger charge is 2.27. The molecule has 0 N–H and O–H groups in total. The molecule has 0 aliphatic heterocycles. The smallest absolute Gasteiger partial charge is 0.0403 e. The fourth-order valence-electron chi connectivity index (χ4n) is 2.24. The molecule has 0 aromatic heterocycles. The van der Waals surface area contributed by atoms with E-state index in [0.717, 1.165) is 0 Å². The Bertz CT molecular complexity index is 328. The second-order valence-corrected chi connectivity index (χ2v) is 6.14. The Kier molecular flexibility index (Phi) is 2.70. The second kappa shape index (κ2) is 3.69. The molecule has 1 atom stereocenters. The van der Waals surface area contributed by atoms with E-state index in [9.17, 15) is 0 Å². The van der Waals surface area contributed by atoms with Gasteiger partial charge in [0, 0.05) is 4.83 Å². The summed E-state index contributed by atoms with van der Waals surface area (Å²) in [5, 5.41) is 0. The van der Waals surface area contributed by atoms with Gasteiger partial charge in [-0.25, -0.2) is 0 Å². The van der Waals surface area contributed by atoms with E-state index in [1.54, 1.807) is 0 Å². The maximum Gasteiger partial charge on any atom is 0.0403 e. The standard InChI is InChI=1S/C13H17Br/c1-13(2)8-7-10-5-3-4-6-11(10)12(14)9-13/h3-6,12H,7-9H2,1-2H3. The summed E-state index contributed by atoms with van der Waals surface area (Å²) in [5.74, 6) is 0. The summed E-state index contributed by atoms with van der Waals surface area (Å²) in [6.07, 6.45) is 3.77. The lowest BCUT2D eigenvalue weighted by Gasteiger charge is -2.23. The van der Waals surface area contributed by atoms with Crippen LogP contribution in [0.5, 0.6) is 0 Å². The normalized spacial score (nSPS) is 25.2. The van der Waals surface area contributed by atoms with E-state index >= 15 is 0 Å². The molecular formula is C13H17Br. The maximum atomic E-state index is 3.81. The highest BCUT2D eigenvalue weighted by Crippen LogP contribution is 2.43. The first-order chi connectivity index (χ1) is 6.58. The Morgan fingerprint density at radius 2 is 2.00 bits per heavy atom. The highest BCUT2D eigenvalue weighted by atomic mass is 79.9. The van der Waals surface area contributed by atoms with Gasteiger partial charge in [-0.15, -0.1) is 0 Å². The number of benzene rings is 1. The van der Waals surface area contributed by atoms with Crippen LogP contribution in [0.1, 0.15) is 42.6 Å². The van der Waals surface area contributed by atoms with Gasteiger partial charge in [-0.1, -0.05) is 54.0 Å². The van der Waals surface area contributed by atoms with Crippen molar-refractivity contribution < 1.29 is 0 Å². The third-order valence-electron chi connectivity index (χ3n) is 3.20. The molecule has 0 nitrogen and oxygen atoms in total. The van der Waals surface area contributed by atoms with E-state index in [1.807, 2.05) is 0 Å². The summed E-state index contributed by atoms with van der Waals surface area (Å²) in [4.78, 5) is 0.538. The monoisotopic (exact) mass is 252 g/mol. The Hall–Kier alpha value is -0.300. The zero-order chi connectivity index (χ0) is 10.2. The highest BCUT2D eigenvalue weighted by molar-refractivity contribution is 9.09. The van der Waals surface area contributed by atoms with E-state index in [2.05, 4.69) is 54.0 Å². The molecule has 0 saturated carbocycles. The molecule has 1 heteroatoms. The van der Waals surface area contributed by atoms with E-state index < -0.39 is 0 Å². The lowest BCUT2D eigenvalue weighted by molar-refractivity contribution is 0.316. The molecule has 0 amide bonds. The lowest BCUT2D eigenvalue weighted by atomic mass is 9.84. The summed E-state index contributed by atoms with van der Waals surface area (Å²) in [5.41, 5.74) is 3.49. The Balaban J connectivity index is 2.36. The van der Waals surface area contributed by atoms with Crippen LogP contribution in [0.3, 0.4) is 0 Å². The summed E-state index contributed by atoms with van der Waals surface area (Å²) in [6.45, 7) is 4.74. The van der Waals surface area contributed by atoms with Gasteiger partial charge in [0.25, 0.3) is 0 Å². The van der Waals surface area contributed by atoms with Crippen molar-refractivity contribution in [1.82, 2.24) is 0 Å². The Morgan fingerprint density at radius 3 is 2.79 bits per heavy atom. The van der Waals surface area contributed by atoms with Crippen molar-refractivity contribution in [3.05, 3.63) is 35.4 Å². The SMILES string of the molecule is CC1(C)CCc2ccccc2C(Br)C1. The maximum absolute atomic E-state index is 3.81. The fourth-order valence-corrected chi connectivity index (χ4v) is 3.56. The molecule has 0 bridgehead atoms. The molecule has 0 fully saturated rings. The molecule has 1 aromatic rings. The molecule has 0 radical (unpaired) electrons. The van der Waals surface area contributed by atoms with Gasteiger partial charge in [0.15, 0.2) is 0 Å². The van der Waals surface area contributed by atoms with Gasteiger partial charge in [-0.2, -0.15) is 0 Å². The van der Waals surface area contributed by atoms with E-state index in [1.165, 1.54) is 30.4 Å². The molecule has 76 valence electrons. The largest absolute Gasteiger partial charge is 0.0838 e. The summed E-state index contributed by atoms with van der Waals surface area (Å²) in [6, 6.07) is 8.82. The summed E-state index contributed by atoms with van der Waals surface area (Å²) in [7, 11) is 0. The Morgan fingerprint density at radius 1 is 1.29 bits per heavy atom. The van der Waals surface area contributed by atoms with Gasteiger partial charge in [0.05, 0.1) is 0 Å². The van der Waals surface area contributed by atoms with Crippen molar-refractivity contribution in [2.24, 2.45) is 5.41 Å². The van der Waals surface area contributed by atoms with Crippen LogP contribution in [0, 0.1) is 5.41 Å². The second-order valence-electron chi connectivity index (χ2n) is 5.03. The molecule has 1 aliphatic rings. The zero-order valence-electron chi connectivity index (χ0n) is 8.89. The molecule has 1 aromatic carbocycles. The van der Waals surface area contributed by atoms with Crippen molar-refractivity contribution in [3.63, 3.8) is 0 Å². The van der Waals surface area contributed by atoms with Crippen molar-refractivity contribution in [2.45, 2.75) is 37.9 Å². The predicted molar refractivity (Wildman–Crippen MR) is 64.8 cm³/mol. The van der Waals surface area contributed by atoms with Crippen molar-refractivity contribution in [1.29, 1.82) is 0 Å². The molecular weight excluding hydrogens is 236 g/mol. The first-order valence-electron chi connectivity index (χ1n) is 5.30. The van der Waals surface area contributed by atoms with Crippen LogP contribution in [0.25, 0.3) is 0 Å². The van der Waals surface area contributed by atoms with Crippen molar-refractivity contribution >= 4 is 15.9 Å². The van der Waals surface area contributed by atoms with Crippen LogP contribution in [0.4, 0.5) is 0 Å². The van der Waals surface area contributed by atoms with Crippen LogP contribution >= 0.6 is 15.9 Å². The average Bonchev–Trinajstić information content (AvgIpc) is 2.24. The number of halogens is 1.